The van der Waals surface area contributed by atoms with E-state index in [1.807, 2.05) is 4.90 Å². The second kappa shape index (κ2) is 9.34. The Morgan fingerprint density at radius 2 is 1.67 bits per heavy atom. The van der Waals surface area contributed by atoms with Crippen molar-refractivity contribution in [2.45, 2.75) is 32.2 Å². The molecular weight excluding hydrogens is 389 g/mol. The number of carbonyl (C=O) groups is 2. The van der Waals surface area contributed by atoms with Gasteiger partial charge in [-0.15, -0.1) is 0 Å². The van der Waals surface area contributed by atoms with Crippen molar-refractivity contribution in [1.29, 1.82) is 0 Å². The monoisotopic (exact) mass is 415 g/mol. The van der Waals surface area contributed by atoms with Gasteiger partial charge in [0.15, 0.2) is 5.82 Å². The number of aromatic nitrogens is 2. The molecule has 2 amide bonds. The Morgan fingerprint density at radius 3 is 2.37 bits per heavy atom. The number of nitrogens with zero attached hydrogens (tertiary/aromatic N) is 5. The molecule has 4 rings (SSSR count). The summed E-state index contributed by atoms with van der Waals surface area (Å²) in [5, 5.41) is 4.03. The van der Waals surface area contributed by atoms with Crippen LogP contribution in [0.3, 0.4) is 0 Å². The number of halogens is 1. The van der Waals surface area contributed by atoms with E-state index in [1.165, 1.54) is 24.3 Å². The molecule has 2 aromatic rings. The molecule has 8 nitrogen and oxygen atoms in total. The highest BCUT2D eigenvalue weighted by Gasteiger charge is 2.24. The summed E-state index contributed by atoms with van der Waals surface area (Å²) in [6.07, 6.45) is 3.02. The van der Waals surface area contributed by atoms with Crippen LogP contribution in [-0.2, 0) is 17.8 Å². The van der Waals surface area contributed by atoms with Crippen molar-refractivity contribution in [3.8, 4) is 0 Å². The smallest absolute Gasteiger partial charge is 0.253 e. The Kier molecular flexibility index (Phi) is 6.37. The van der Waals surface area contributed by atoms with E-state index in [-0.39, 0.29) is 17.6 Å². The number of hydrogen-bond donors (Lipinski definition) is 0. The van der Waals surface area contributed by atoms with Gasteiger partial charge in [0.2, 0.25) is 11.8 Å². The maximum absolute atomic E-state index is 13.0. The van der Waals surface area contributed by atoms with Gasteiger partial charge in [-0.2, -0.15) is 4.98 Å². The molecule has 1 aromatic heterocycles. The number of likely N-dealkylation sites (tertiary alicyclic amines) is 1. The molecule has 0 saturated carbocycles. The zero-order chi connectivity index (χ0) is 20.9. The Morgan fingerprint density at radius 1 is 0.967 bits per heavy atom. The molecule has 0 aliphatic carbocycles. The lowest BCUT2D eigenvalue weighted by atomic mass is 10.2. The van der Waals surface area contributed by atoms with Gasteiger partial charge in [0.05, 0.1) is 6.54 Å². The SMILES string of the molecule is O=C(CCc1nc(CN2CCN(C(=O)c3ccc(F)cc3)CC2)no1)N1CCCC1. The number of amides is 2. The number of piperazine rings is 1. The highest BCUT2D eigenvalue weighted by atomic mass is 19.1. The minimum atomic E-state index is -0.351. The molecule has 30 heavy (non-hydrogen) atoms. The molecule has 2 saturated heterocycles. The normalized spacial score (nSPS) is 17.5. The van der Waals surface area contributed by atoms with E-state index < -0.39 is 0 Å². The van der Waals surface area contributed by atoms with E-state index in [0.717, 1.165) is 25.9 Å². The van der Waals surface area contributed by atoms with Gasteiger partial charge in [-0.1, -0.05) is 5.16 Å². The van der Waals surface area contributed by atoms with Crippen LogP contribution in [0.1, 0.15) is 41.3 Å². The van der Waals surface area contributed by atoms with Gasteiger partial charge in [0.25, 0.3) is 5.91 Å². The molecule has 0 spiro atoms. The van der Waals surface area contributed by atoms with E-state index in [1.54, 1.807) is 4.90 Å². The predicted molar refractivity (Wildman–Crippen MR) is 106 cm³/mol. The van der Waals surface area contributed by atoms with Crippen molar-refractivity contribution >= 4 is 11.8 Å². The predicted octanol–water partition coefficient (Wildman–Crippen LogP) is 1.72. The number of carbonyl (C=O) groups excluding carboxylic acids is 2. The molecule has 2 aliphatic heterocycles. The lowest BCUT2D eigenvalue weighted by molar-refractivity contribution is -0.130. The minimum Gasteiger partial charge on any atom is -0.343 e. The molecule has 0 bridgehead atoms. The van der Waals surface area contributed by atoms with Crippen molar-refractivity contribution in [3.05, 3.63) is 47.4 Å². The zero-order valence-corrected chi connectivity index (χ0v) is 16.9. The van der Waals surface area contributed by atoms with Crippen LogP contribution in [-0.4, -0.2) is 75.9 Å². The van der Waals surface area contributed by atoms with E-state index in [2.05, 4.69) is 15.0 Å². The van der Waals surface area contributed by atoms with Gasteiger partial charge in [-0.3, -0.25) is 14.5 Å². The van der Waals surface area contributed by atoms with Gasteiger partial charge < -0.3 is 14.3 Å². The summed E-state index contributed by atoms with van der Waals surface area (Å²) in [6, 6.07) is 5.63. The number of rotatable bonds is 6. The van der Waals surface area contributed by atoms with Crippen LogP contribution in [0.4, 0.5) is 4.39 Å². The molecular formula is C21H26FN5O3. The topological polar surface area (TPSA) is 82.8 Å². The molecule has 0 atom stereocenters. The molecule has 0 radical (unpaired) electrons. The Labute approximate surface area is 174 Å². The first-order valence-corrected chi connectivity index (χ1v) is 10.4. The summed E-state index contributed by atoms with van der Waals surface area (Å²) in [5.74, 6) is 0.796. The van der Waals surface area contributed by atoms with Crippen molar-refractivity contribution in [1.82, 2.24) is 24.8 Å². The van der Waals surface area contributed by atoms with E-state index >= 15 is 0 Å². The van der Waals surface area contributed by atoms with Gasteiger partial charge in [0, 0.05) is 57.7 Å². The fourth-order valence-corrected chi connectivity index (χ4v) is 3.88. The summed E-state index contributed by atoms with van der Waals surface area (Å²) in [5.41, 5.74) is 0.496. The molecule has 2 fully saturated rings. The largest absolute Gasteiger partial charge is 0.343 e. The van der Waals surface area contributed by atoms with Crippen LogP contribution in [0, 0.1) is 5.82 Å². The number of benzene rings is 1. The summed E-state index contributed by atoms with van der Waals surface area (Å²) >= 11 is 0. The highest BCUT2D eigenvalue weighted by Crippen LogP contribution is 2.13. The Balaban J connectivity index is 1.22. The Hall–Kier alpha value is -2.81. The average Bonchev–Trinajstić information content (AvgIpc) is 3.45. The molecule has 3 heterocycles. The fraction of sp³-hybridized carbons (Fsp3) is 0.524. The van der Waals surface area contributed by atoms with Gasteiger partial charge in [0.1, 0.15) is 5.82 Å². The van der Waals surface area contributed by atoms with Crippen molar-refractivity contribution in [2.24, 2.45) is 0 Å². The van der Waals surface area contributed by atoms with E-state index in [9.17, 15) is 14.0 Å². The van der Waals surface area contributed by atoms with E-state index in [0.29, 0.717) is 62.8 Å². The van der Waals surface area contributed by atoms with Crippen LogP contribution < -0.4 is 0 Å². The Bertz CT molecular complexity index is 871. The maximum Gasteiger partial charge on any atom is 0.253 e. The lowest BCUT2D eigenvalue weighted by Gasteiger charge is -2.34. The van der Waals surface area contributed by atoms with Crippen LogP contribution in [0.25, 0.3) is 0 Å². The van der Waals surface area contributed by atoms with Crippen LogP contribution in [0.2, 0.25) is 0 Å². The lowest BCUT2D eigenvalue weighted by Crippen LogP contribution is -2.48. The molecule has 0 N–H and O–H groups in total. The van der Waals surface area contributed by atoms with Crippen molar-refractivity contribution in [3.63, 3.8) is 0 Å². The maximum atomic E-state index is 13.0. The third-order valence-electron chi connectivity index (χ3n) is 5.64. The number of hydrogen-bond acceptors (Lipinski definition) is 6. The first kappa shape index (κ1) is 20.5. The quantitative estimate of drug-likeness (QED) is 0.715. The first-order chi connectivity index (χ1) is 14.6. The number of aryl methyl sites for hydroxylation is 1. The van der Waals surface area contributed by atoms with Gasteiger partial charge in [-0.05, 0) is 37.1 Å². The molecule has 1 aromatic carbocycles. The van der Waals surface area contributed by atoms with Gasteiger partial charge >= 0.3 is 0 Å². The molecule has 9 heteroatoms. The first-order valence-electron chi connectivity index (χ1n) is 10.4. The summed E-state index contributed by atoms with van der Waals surface area (Å²) < 4.78 is 18.3. The second-order valence-corrected chi connectivity index (χ2v) is 7.77. The zero-order valence-electron chi connectivity index (χ0n) is 16.9. The minimum absolute atomic E-state index is 0.0841. The summed E-state index contributed by atoms with van der Waals surface area (Å²) in [4.78, 5) is 34.9. The van der Waals surface area contributed by atoms with Crippen LogP contribution in [0.5, 0.6) is 0 Å². The highest BCUT2D eigenvalue weighted by molar-refractivity contribution is 5.94. The molecule has 2 aliphatic rings. The van der Waals surface area contributed by atoms with Crippen LogP contribution in [0.15, 0.2) is 28.8 Å². The average molecular weight is 415 g/mol. The third-order valence-corrected chi connectivity index (χ3v) is 5.64. The van der Waals surface area contributed by atoms with Crippen molar-refractivity contribution in [2.75, 3.05) is 39.3 Å². The summed E-state index contributed by atoms with van der Waals surface area (Å²) in [6.45, 7) is 4.82. The molecule has 0 unspecified atom stereocenters. The van der Waals surface area contributed by atoms with E-state index in [4.69, 9.17) is 4.52 Å². The van der Waals surface area contributed by atoms with Gasteiger partial charge in [-0.25, -0.2) is 4.39 Å². The van der Waals surface area contributed by atoms with Crippen molar-refractivity contribution < 1.29 is 18.5 Å². The standard InChI is InChI=1S/C21H26FN5O3/c22-17-5-3-16(4-6-17)21(29)27-13-11-25(12-14-27)15-18-23-19(30-24-18)7-8-20(28)26-9-1-2-10-26/h3-6H,1-2,7-15H2. The summed E-state index contributed by atoms with van der Waals surface area (Å²) in [7, 11) is 0. The third kappa shape index (κ3) is 5.02. The fourth-order valence-electron chi connectivity index (χ4n) is 3.88. The second-order valence-electron chi connectivity index (χ2n) is 7.77. The molecule has 160 valence electrons. The van der Waals surface area contributed by atoms with Crippen LogP contribution >= 0.6 is 0 Å².